The van der Waals surface area contributed by atoms with Gasteiger partial charge in [-0.15, -0.1) is 13.2 Å². The van der Waals surface area contributed by atoms with Crippen LogP contribution < -0.4 is 4.74 Å². The normalized spacial score (nSPS) is 11.7. The van der Waals surface area contributed by atoms with Gasteiger partial charge in [-0.1, -0.05) is 0 Å². The molecule has 0 saturated carbocycles. The van der Waals surface area contributed by atoms with Gasteiger partial charge in [-0.3, -0.25) is 0 Å². The molecule has 1 heterocycles. The highest BCUT2D eigenvalue weighted by atomic mass is 79.9. The van der Waals surface area contributed by atoms with Crippen LogP contribution in [0, 0.1) is 5.82 Å². The maximum Gasteiger partial charge on any atom is 0.573 e. The van der Waals surface area contributed by atoms with Crippen molar-refractivity contribution < 1.29 is 22.3 Å². The van der Waals surface area contributed by atoms with E-state index >= 15 is 0 Å². The number of rotatable bonds is 2. The van der Waals surface area contributed by atoms with E-state index in [-0.39, 0.29) is 5.69 Å². The van der Waals surface area contributed by atoms with Crippen molar-refractivity contribution in [3.63, 3.8) is 0 Å². The zero-order chi connectivity index (χ0) is 14.2. The van der Waals surface area contributed by atoms with E-state index in [1.165, 1.54) is 10.7 Å². The van der Waals surface area contributed by atoms with Crippen molar-refractivity contribution in [2.75, 3.05) is 0 Å². The summed E-state index contributed by atoms with van der Waals surface area (Å²) >= 11 is 6.29. The Bertz CT molecular complexity index is 612. The van der Waals surface area contributed by atoms with E-state index in [9.17, 15) is 17.6 Å². The quantitative estimate of drug-likeness (QED) is 0.693. The van der Waals surface area contributed by atoms with Crippen molar-refractivity contribution in [1.29, 1.82) is 0 Å². The summed E-state index contributed by atoms with van der Waals surface area (Å²) in [6.45, 7) is 0. The Labute approximate surface area is 121 Å². The third-order valence-corrected chi connectivity index (χ3v) is 2.97. The summed E-state index contributed by atoms with van der Waals surface area (Å²) in [5, 5.41) is 3.97. The molecule has 0 atom stereocenters. The number of hydrogen-bond acceptors (Lipinski definition) is 2. The average molecular weight is 404 g/mol. The highest BCUT2D eigenvalue weighted by molar-refractivity contribution is 9.11. The number of hydrogen-bond donors (Lipinski definition) is 0. The number of aromatic nitrogens is 2. The molecule has 0 amide bonds. The summed E-state index contributed by atoms with van der Waals surface area (Å²) in [5.74, 6) is -2.02. The molecule has 0 bridgehead atoms. The molecule has 9 heteroatoms. The largest absolute Gasteiger partial charge is 0.573 e. The summed E-state index contributed by atoms with van der Waals surface area (Å²) in [6.07, 6.45) is -4.96. The number of ether oxygens (including phenoxy) is 1. The Balaban J connectivity index is 2.44. The molecule has 0 unspecified atom stereocenters. The molecular formula is C10H4Br2F4N2O. The molecule has 0 aliphatic rings. The van der Waals surface area contributed by atoms with E-state index < -0.39 is 17.9 Å². The maximum absolute atomic E-state index is 13.2. The summed E-state index contributed by atoms with van der Waals surface area (Å²) < 4.78 is 55.4. The van der Waals surface area contributed by atoms with Crippen LogP contribution in [0.2, 0.25) is 0 Å². The lowest BCUT2D eigenvalue weighted by Gasteiger charge is -2.11. The van der Waals surface area contributed by atoms with Crippen LogP contribution in [-0.2, 0) is 0 Å². The summed E-state index contributed by atoms with van der Waals surface area (Å²) in [4.78, 5) is 0. The molecule has 0 N–H and O–H groups in total. The fraction of sp³-hybridized carbons (Fsp3) is 0.100. The first-order valence-electron chi connectivity index (χ1n) is 4.73. The fourth-order valence-electron chi connectivity index (χ4n) is 1.34. The van der Waals surface area contributed by atoms with Gasteiger partial charge in [0.05, 0.1) is 5.69 Å². The molecular weight excluding hydrogens is 400 g/mol. The molecule has 0 radical (unpaired) electrons. The second kappa shape index (κ2) is 5.12. The molecule has 102 valence electrons. The zero-order valence-corrected chi connectivity index (χ0v) is 12.1. The standard InChI is InChI=1S/C10H4Br2F4N2O/c11-8-4-9(12)18(17-8)5-1-2-6(13)7(3-5)19-10(14,15)16/h1-4H. The zero-order valence-electron chi connectivity index (χ0n) is 8.88. The number of alkyl halides is 3. The molecule has 0 saturated heterocycles. The molecule has 0 aliphatic carbocycles. The van der Waals surface area contributed by atoms with Gasteiger partial charge in [-0.25, -0.2) is 9.07 Å². The van der Waals surface area contributed by atoms with Crippen molar-refractivity contribution in [3.05, 3.63) is 39.3 Å². The second-order valence-electron chi connectivity index (χ2n) is 3.36. The van der Waals surface area contributed by atoms with Gasteiger partial charge >= 0.3 is 6.36 Å². The van der Waals surface area contributed by atoms with Crippen molar-refractivity contribution in [2.24, 2.45) is 0 Å². The summed E-state index contributed by atoms with van der Waals surface area (Å²) in [5.41, 5.74) is 0.221. The molecule has 0 aliphatic heterocycles. The Hall–Kier alpha value is -1.09. The van der Waals surface area contributed by atoms with E-state index in [4.69, 9.17) is 0 Å². The number of benzene rings is 1. The number of halogens is 6. The van der Waals surface area contributed by atoms with Gasteiger partial charge in [0, 0.05) is 12.1 Å². The minimum atomic E-state index is -4.96. The van der Waals surface area contributed by atoms with Gasteiger partial charge in [0.2, 0.25) is 0 Å². The van der Waals surface area contributed by atoms with Crippen LogP contribution in [0.1, 0.15) is 0 Å². The van der Waals surface area contributed by atoms with E-state index in [2.05, 4.69) is 41.7 Å². The van der Waals surface area contributed by atoms with E-state index in [0.717, 1.165) is 12.1 Å². The van der Waals surface area contributed by atoms with E-state index in [1.807, 2.05) is 0 Å². The highest BCUT2D eigenvalue weighted by Gasteiger charge is 2.32. The fourth-order valence-corrected chi connectivity index (χ4v) is 2.52. The van der Waals surface area contributed by atoms with Gasteiger partial charge in [0.25, 0.3) is 0 Å². The Morgan fingerprint density at radius 3 is 2.37 bits per heavy atom. The van der Waals surface area contributed by atoms with Gasteiger partial charge in [0.15, 0.2) is 11.6 Å². The third-order valence-electron chi connectivity index (χ3n) is 2.02. The van der Waals surface area contributed by atoms with Gasteiger partial charge in [-0.2, -0.15) is 5.10 Å². The summed E-state index contributed by atoms with van der Waals surface area (Å²) in [7, 11) is 0. The van der Waals surface area contributed by atoms with Crippen molar-refractivity contribution in [2.45, 2.75) is 6.36 Å². The van der Waals surface area contributed by atoms with Crippen LogP contribution in [0.3, 0.4) is 0 Å². The Kier molecular flexibility index (Phi) is 3.86. The Morgan fingerprint density at radius 2 is 1.84 bits per heavy atom. The van der Waals surface area contributed by atoms with Crippen LogP contribution in [0.5, 0.6) is 5.75 Å². The van der Waals surface area contributed by atoms with Crippen molar-refractivity contribution >= 4 is 31.9 Å². The van der Waals surface area contributed by atoms with Crippen molar-refractivity contribution in [1.82, 2.24) is 9.78 Å². The molecule has 2 rings (SSSR count). The van der Waals surface area contributed by atoms with Crippen LogP contribution in [0.15, 0.2) is 33.5 Å². The molecule has 0 spiro atoms. The molecule has 19 heavy (non-hydrogen) atoms. The molecule has 1 aromatic carbocycles. The first-order valence-corrected chi connectivity index (χ1v) is 6.31. The van der Waals surface area contributed by atoms with E-state index in [0.29, 0.717) is 9.21 Å². The molecule has 3 nitrogen and oxygen atoms in total. The average Bonchev–Trinajstić information content (AvgIpc) is 2.59. The smallest absolute Gasteiger partial charge is 0.403 e. The van der Waals surface area contributed by atoms with Crippen LogP contribution in [0.25, 0.3) is 5.69 Å². The lowest BCUT2D eigenvalue weighted by Crippen LogP contribution is -2.18. The van der Waals surface area contributed by atoms with Crippen molar-refractivity contribution in [3.8, 4) is 11.4 Å². The summed E-state index contributed by atoms with van der Waals surface area (Å²) in [6, 6.07) is 4.65. The first kappa shape index (κ1) is 14.3. The SMILES string of the molecule is Fc1ccc(-n2nc(Br)cc2Br)cc1OC(F)(F)F. The van der Waals surface area contributed by atoms with Crippen LogP contribution in [-0.4, -0.2) is 16.1 Å². The monoisotopic (exact) mass is 402 g/mol. The molecule has 0 fully saturated rings. The first-order chi connectivity index (χ1) is 8.76. The Morgan fingerprint density at radius 1 is 1.16 bits per heavy atom. The van der Waals surface area contributed by atoms with Gasteiger partial charge in [0.1, 0.15) is 9.21 Å². The maximum atomic E-state index is 13.2. The van der Waals surface area contributed by atoms with Crippen LogP contribution >= 0.6 is 31.9 Å². The van der Waals surface area contributed by atoms with Gasteiger partial charge < -0.3 is 4.74 Å². The topological polar surface area (TPSA) is 27.1 Å². The minimum Gasteiger partial charge on any atom is -0.403 e. The third kappa shape index (κ3) is 3.47. The predicted molar refractivity (Wildman–Crippen MR) is 65.6 cm³/mol. The van der Waals surface area contributed by atoms with E-state index in [1.54, 1.807) is 6.07 Å². The lowest BCUT2D eigenvalue weighted by molar-refractivity contribution is -0.275. The lowest BCUT2D eigenvalue weighted by atomic mass is 10.3. The second-order valence-corrected chi connectivity index (χ2v) is 4.99. The highest BCUT2D eigenvalue weighted by Crippen LogP contribution is 2.29. The molecule has 2 aromatic rings. The van der Waals surface area contributed by atoms with Gasteiger partial charge in [-0.05, 0) is 44.0 Å². The number of nitrogens with zero attached hydrogens (tertiary/aromatic N) is 2. The minimum absolute atomic E-state index is 0.221. The van der Waals surface area contributed by atoms with Crippen LogP contribution in [0.4, 0.5) is 17.6 Å². The molecule has 1 aromatic heterocycles. The predicted octanol–water partition coefficient (Wildman–Crippen LogP) is 4.44.